The molecule has 2 aromatic heterocycles. The van der Waals surface area contributed by atoms with Crippen molar-refractivity contribution in [3.05, 3.63) is 48.3 Å². The molecule has 0 atom stereocenters. The van der Waals surface area contributed by atoms with E-state index in [0.717, 1.165) is 39.4 Å². The van der Waals surface area contributed by atoms with Crippen molar-refractivity contribution in [2.45, 2.75) is 0 Å². The van der Waals surface area contributed by atoms with Crippen LogP contribution in [0.2, 0.25) is 0 Å². The minimum absolute atomic E-state index is 0.153. The maximum Gasteiger partial charge on any atom is 0.254 e. The third-order valence-electron chi connectivity index (χ3n) is 4.83. The molecule has 0 bridgehead atoms. The number of ether oxygens (including phenoxy) is 1. The largest absolute Gasteiger partial charge is 0.472 e. The highest BCUT2D eigenvalue weighted by Gasteiger charge is 2.14. The maximum atomic E-state index is 12.0. The highest BCUT2D eigenvalue weighted by molar-refractivity contribution is 5.94. The monoisotopic (exact) mass is 404 g/mol. The number of carbonyl (C=O) groups is 2. The first-order valence-electron chi connectivity index (χ1n) is 9.85. The second kappa shape index (κ2) is 11.4. The standard InChI is InChI=1S/C20H28N4O5/c25-19(17-1-11-28-15-17)21-3-5-23(7-8-24-9-13-27-14-10-24)6-4-22-20(26)18-2-12-29-16-18/h1-2,11-12,15-16H,3-10,13-14H2,(H,21,25)(H,22,26). The Balaban J connectivity index is 1.42. The van der Waals surface area contributed by atoms with Gasteiger partial charge in [0.1, 0.15) is 12.5 Å². The number of furan rings is 2. The summed E-state index contributed by atoms with van der Waals surface area (Å²) >= 11 is 0. The molecule has 29 heavy (non-hydrogen) atoms. The van der Waals surface area contributed by atoms with E-state index in [9.17, 15) is 9.59 Å². The Kier molecular flexibility index (Phi) is 8.29. The smallest absolute Gasteiger partial charge is 0.254 e. The van der Waals surface area contributed by atoms with E-state index in [2.05, 4.69) is 20.4 Å². The highest BCUT2D eigenvalue weighted by atomic mass is 16.5. The van der Waals surface area contributed by atoms with E-state index in [1.54, 1.807) is 12.1 Å². The molecule has 0 aromatic carbocycles. The van der Waals surface area contributed by atoms with Crippen molar-refractivity contribution in [1.29, 1.82) is 0 Å². The zero-order chi connectivity index (χ0) is 20.3. The van der Waals surface area contributed by atoms with Crippen LogP contribution >= 0.6 is 0 Å². The first-order valence-corrected chi connectivity index (χ1v) is 9.85. The van der Waals surface area contributed by atoms with E-state index >= 15 is 0 Å². The molecule has 158 valence electrons. The summed E-state index contributed by atoms with van der Waals surface area (Å²) in [5.41, 5.74) is 1.02. The molecule has 3 heterocycles. The van der Waals surface area contributed by atoms with E-state index in [4.69, 9.17) is 13.6 Å². The van der Waals surface area contributed by atoms with Gasteiger partial charge >= 0.3 is 0 Å². The lowest BCUT2D eigenvalue weighted by molar-refractivity contribution is 0.0334. The summed E-state index contributed by atoms with van der Waals surface area (Å²) < 4.78 is 15.3. The molecule has 0 aliphatic carbocycles. The minimum Gasteiger partial charge on any atom is -0.472 e. The lowest BCUT2D eigenvalue weighted by atomic mass is 10.3. The number of hydrogen-bond acceptors (Lipinski definition) is 7. The highest BCUT2D eigenvalue weighted by Crippen LogP contribution is 2.01. The number of amides is 2. The number of hydrogen-bond donors (Lipinski definition) is 2. The van der Waals surface area contributed by atoms with E-state index in [1.165, 1.54) is 25.1 Å². The molecule has 9 nitrogen and oxygen atoms in total. The number of rotatable bonds is 11. The number of morpholine rings is 1. The number of nitrogens with one attached hydrogen (secondary N) is 2. The van der Waals surface area contributed by atoms with Gasteiger partial charge in [0.15, 0.2) is 0 Å². The average Bonchev–Trinajstić information content (AvgIpc) is 3.46. The van der Waals surface area contributed by atoms with Gasteiger partial charge < -0.3 is 24.2 Å². The maximum absolute atomic E-state index is 12.0. The molecule has 0 unspecified atom stereocenters. The van der Waals surface area contributed by atoms with Crippen LogP contribution < -0.4 is 10.6 Å². The Bertz CT molecular complexity index is 674. The summed E-state index contributed by atoms with van der Waals surface area (Å²) in [5, 5.41) is 5.80. The molecule has 1 saturated heterocycles. The van der Waals surface area contributed by atoms with Gasteiger partial charge in [0, 0.05) is 52.4 Å². The summed E-state index contributed by atoms with van der Waals surface area (Å²) in [5.74, 6) is -0.305. The number of nitrogens with zero attached hydrogens (tertiary/aromatic N) is 2. The predicted molar refractivity (Wildman–Crippen MR) is 106 cm³/mol. The molecular weight excluding hydrogens is 376 g/mol. The van der Waals surface area contributed by atoms with Gasteiger partial charge in [0.25, 0.3) is 11.8 Å². The van der Waals surface area contributed by atoms with Crippen LogP contribution in [-0.2, 0) is 4.74 Å². The fraction of sp³-hybridized carbons (Fsp3) is 0.500. The summed E-state index contributed by atoms with van der Waals surface area (Å²) in [6.07, 6.45) is 5.81. The fourth-order valence-corrected chi connectivity index (χ4v) is 3.09. The van der Waals surface area contributed by atoms with Crippen LogP contribution in [0.1, 0.15) is 20.7 Å². The Hall–Kier alpha value is -2.62. The molecule has 0 spiro atoms. The van der Waals surface area contributed by atoms with Crippen molar-refractivity contribution in [3.63, 3.8) is 0 Å². The van der Waals surface area contributed by atoms with Gasteiger partial charge in [-0.05, 0) is 12.1 Å². The molecule has 2 aromatic rings. The van der Waals surface area contributed by atoms with Crippen molar-refractivity contribution in [1.82, 2.24) is 20.4 Å². The van der Waals surface area contributed by atoms with Crippen molar-refractivity contribution in [3.8, 4) is 0 Å². The van der Waals surface area contributed by atoms with E-state index in [0.29, 0.717) is 37.3 Å². The van der Waals surface area contributed by atoms with Crippen molar-refractivity contribution < 1.29 is 23.2 Å². The molecular formula is C20H28N4O5. The van der Waals surface area contributed by atoms with Crippen molar-refractivity contribution in [2.75, 3.05) is 65.6 Å². The van der Waals surface area contributed by atoms with Crippen LogP contribution in [0.5, 0.6) is 0 Å². The van der Waals surface area contributed by atoms with Gasteiger partial charge in [-0.2, -0.15) is 0 Å². The second-order valence-corrected chi connectivity index (χ2v) is 6.83. The van der Waals surface area contributed by atoms with Crippen LogP contribution in [0.4, 0.5) is 0 Å². The van der Waals surface area contributed by atoms with Gasteiger partial charge in [-0.25, -0.2) is 0 Å². The predicted octanol–water partition coefficient (Wildman–Crippen LogP) is 0.667. The van der Waals surface area contributed by atoms with Crippen LogP contribution in [0.15, 0.2) is 46.0 Å². The quantitative estimate of drug-likeness (QED) is 0.568. The Morgan fingerprint density at radius 3 is 1.93 bits per heavy atom. The first kappa shape index (κ1) is 21.1. The fourth-order valence-electron chi connectivity index (χ4n) is 3.09. The van der Waals surface area contributed by atoms with Gasteiger partial charge in [0.05, 0.1) is 36.9 Å². The lowest BCUT2D eigenvalue weighted by Crippen LogP contribution is -2.45. The van der Waals surface area contributed by atoms with Crippen LogP contribution in [0.25, 0.3) is 0 Å². The zero-order valence-electron chi connectivity index (χ0n) is 16.5. The SMILES string of the molecule is O=C(NCCN(CCNC(=O)c1ccoc1)CCN1CCOCC1)c1ccoc1. The molecule has 3 rings (SSSR count). The van der Waals surface area contributed by atoms with Gasteiger partial charge in [0.2, 0.25) is 0 Å². The van der Waals surface area contributed by atoms with E-state index < -0.39 is 0 Å². The molecule has 1 aliphatic rings. The first-order chi connectivity index (χ1) is 14.2. The van der Waals surface area contributed by atoms with E-state index in [-0.39, 0.29) is 11.8 Å². The van der Waals surface area contributed by atoms with E-state index in [1.807, 2.05) is 0 Å². The van der Waals surface area contributed by atoms with Gasteiger partial charge in [-0.1, -0.05) is 0 Å². The Labute approximate surface area is 170 Å². The molecule has 9 heteroatoms. The Morgan fingerprint density at radius 2 is 1.45 bits per heavy atom. The summed E-state index contributed by atoms with van der Waals surface area (Å²) in [6, 6.07) is 3.27. The molecule has 1 fully saturated rings. The summed E-state index contributed by atoms with van der Waals surface area (Å²) in [7, 11) is 0. The van der Waals surface area contributed by atoms with Crippen molar-refractivity contribution >= 4 is 11.8 Å². The molecule has 0 radical (unpaired) electrons. The topological polar surface area (TPSA) is 100 Å². The van der Waals surface area contributed by atoms with Crippen LogP contribution in [0.3, 0.4) is 0 Å². The third-order valence-corrected chi connectivity index (χ3v) is 4.83. The van der Waals surface area contributed by atoms with Crippen molar-refractivity contribution in [2.24, 2.45) is 0 Å². The van der Waals surface area contributed by atoms with Gasteiger partial charge in [-0.3, -0.25) is 19.4 Å². The minimum atomic E-state index is -0.153. The molecule has 2 N–H and O–H groups in total. The average molecular weight is 404 g/mol. The summed E-state index contributed by atoms with van der Waals surface area (Å²) in [6.45, 7) is 7.59. The van der Waals surface area contributed by atoms with Crippen LogP contribution in [-0.4, -0.2) is 87.2 Å². The van der Waals surface area contributed by atoms with Crippen LogP contribution in [0, 0.1) is 0 Å². The molecule has 2 amide bonds. The zero-order valence-corrected chi connectivity index (χ0v) is 16.5. The molecule has 1 aliphatic heterocycles. The van der Waals surface area contributed by atoms with Gasteiger partial charge in [-0.15, -0.1) is 0 Å². The lowest BCUT2D eigenvalue weighted by Gasteiger charge is -2.30. The third kappa shape index (κ3) is 7.04. The normalized spacial score (nSPS) is 14.8. The Morgan fingerprint density at radius 1 is 0.897 bits per heavy atom. The summed E-state index contributed by atoms with van der Waals surface area (Å²) in [4.78, 5) is 28.7. The number of carbonyl (C=O) groups excluding carboxylic acids is 2. The molecule has 0 saturated carbocycles. The second-order valence-electron chi connectivity index (χ2n) is 6.83.